The van der Waals surface area contributed by atoms with Gasteiger partial charge in [0.15, 0.2) is 0 Å². The summed E-state index contributed by atoms with van der Waals surface area (Å²) in [5, 5.41) is 9.22. The van der Waals surface area contributed by atoms with Gasteiger partial charge >= 0.3 is 5.97 Å². The highest BCUT2D eigenvalue weighted by Crippen LogP contribution is 2.26. The van der Waals surface area contributed by atoms with Crippen molar-refractivity contribution in [2.45, 2.75) is 51.6 Å². The van der Waals surface area contributed by atoms with Gasteiger partial charge < -0.3 is 14.9 Å². The Kier molecular flexibility index (Phi) is 4.30. The van der Waals surface area contributed by atoms with Crippen molar-refractivity contribution < 1.29 is 19.5 Å². The summed E-state index contributed by atoms with van der Waals surface area (Å²) in [5.74, 6) is -1.51. The number of hydrogen-bond donors (Lipinski definition) is 1. The van der Waals surface area contributed by atoms with Gasteiger partial charge in [0.25, 0.3) is 0 Å². The monoisotopic (exact) mass is 282 g/mol. The van der Waals surface area contributed by atoms with Crippen LogP contribution in [0.1, 0.15) is 39.5 Å². The van der Waals surface area contributed by atoms with E-state index in [1.54, 1.807) is 4.90 Å². The van der Waals surface area contributed by atoms with Crippen LogP contribution in [0.2, 0.25) is 0 Å². The maximum Gasteiger partial charge on any atom is 0.326 e. The van der Waals surface area contributed by atoms with Crippen molar-refractivity contribution in [3.05, 3.63) is 0 Å². The zero-order valence-electron chi connectivity index (χ0n) is 12.0. The van der Waals surface area contributed by atoms with E-state index in [2.05, 4.69) is 0 Å². The first kappa shape index (κ1) is 14.8. The zero-order chi connectivity index (χ0) is 14.9. The van der Waals surface area contributed by atoms with Crippen LogP contribution >= 0.6 is 0 Å². The van der Waals surface area contributed by atoms with Crippen molar-refractivity contribution >= 4 is 17.8 Å². The summed E-state index contributed by atoms with van der Waals surface area (Å²) in [6.07, 6.45) is 2.39. The topological polar surface area (TPSA) is 77.9 Å². The second-order valence-electron chi connectivity index (χ2n) is 5.92. The molecular formula is C14H22N2O4. The zero-order valence-corrected chi connectivity index (χ0v) is 12.0. The Hall–Kier alpha value is -1.59. The summed E-state index contributed by atoms with van der Waals surface area (Å²) in [7, 11) is 0. The van der Waals surface area contributed by atoms with Gasteiger partial charge in [0.05, 0.1) is 5.92 Å². The quantitative estimate of drug-likeness (QED) is 0.827. The molecule has 2 heterocycles. The third-order valence-electron chi connectivity index (χ3n) is 4.20. The summed E-state index contributed by atoms with van der Waals surface area (Å²) in [5.41, 5.74) is 0. The molecule has 2 unspecified atom stereocenters. The predicted molar refractivity (Wildman–Crippen MR) is 71.9 cm³/mol. The first-order valence-corrected chi connectivity index (χ1v) is 7.24. The predicted octanol–water partition coefficient (Wildman–Crippen LogP) is 0.709. The van der Waals surface area contributed by atoms with Gasteiger partial charge in [-0.3, -0.25) is 9.59 Å². The molecule has 112 valence electrons. The molecule has 0 aromatic heterocycles. The van der Waals surface area contributed by atoms with E-state index in [0.717, 1.165) is 12.8 Å². The Morgan fingerprint density at radius 3 is 2.55 bits per heavy atom. The number of carbonyl (C=O) groups is 3. The second kappa shape index (κ2) is 5.81. The molecule has 0 bridgehead atoms. The number of aliphatic carboxylic acids is 1. The van der Waals surface area contributed by atoms with E-state index in [-0.39, 0.29) is 30.2 Å². The van der Waals surface area contributed by atoms with Crippen LogP contribution in [0.15, 0.2) is 0 Å². The lowest BCUT2D eigenvalue weighted by molar-refractivity contribution is -0.153. The normalized spacial score (nSPS) is 27.2. The van der Waals surface area contributed by atoms with Gasteiger partial charge in [0.1, 0.15) is 6.04 Å². The highest BCUT2D eigenvalue weighted by molar-refractivity contribution is 5.91. The molecule has 0 aromatic carbocycles. The summed E-state index contributed by atoms with van der Waals surface area (Å²) in [6.45, 7) is 4.75. The molecule has 0 aliphatic carbocycles. The van der Waals surface area contributed by atoms with Crippen LogP contribution in [0.3, 0.4) is 0 Å². The number of carboxylic acids is 1. The molecule has 0 aromatic rings. The molecule has 0 saturated carbocycles. The fraction of sp³-hybridized carbons (Fsp3) is 0.786. The summed E-state index contributed by atoms with van der Waals surface area (Å²) in [4.78, 5) is 38.8. The van der Waals surface area contributed by atoms with Gasteiger partial charge in [-0.05, 0) is 33.1 Å². The van der Waals surface area contributed by atoms with Gasteiger partial charge in [-0.25, -0.2) is 4.79 Å². The maximum absolute atomic E-state index is 12.5. The molecule has 2 aliphatic heterocycles. The Labute approximate surface area is 118 Å². The lowest BCUT2D eigenvalue weighted by Crippen LogP contribution is -2.50. The Morgan fingerprint density at radius 1 is 1.30 bits per heavy atom. The van der Waals surface area contributed by atoms with Crippen LogP contribution in [0.25, 0.3) is 0 Å². The highest BCUT2D eigenvalue weighted by Gasteiger charge is 2.41. The molecule has 6 nitrogen and oxygen atoms in total. The fourth-order valence-electron chi connectivity index (χ4n) is 3.08. The Balaban J connectivity index is 2.07. The Morgan fingerprint density at radius 2 is 2.00 bits per heavy atom. The average molecular weight is 282 g/mol. The lowest BCUT2D eigenvalue weighted by Gasteiger charge is -2.34. The third kappa shape index (κ3) is 2.78. The summed E-state index contributed by atoms with van der Waals surface area (Å²) in [6, 6.07) is -0.642. The molecule has 2 aliphatic rings. The van der Waals surface area contributed by atoms with Crippen LogP contribution in [0.5, 0.6) is 0 Å². The van der Waals surface area contributed by atoms with E-state index in [0.29, 0.717) is 19.5 Å². The number of amides is 2. The van der Waals surface area contributed by atoms with Crippen molar-refractivity contribution in [3.8, 4) is 0 Å². The van der Waals surface area contributed by atoms with Crippen molar-refractivity contribution in [2.75, 3.05) is 13.1 Å². The van der Waals surface area contributed by atoms with E-state index < -0.39 is 12.0 Å². The standard InChI is InChI=1S/C14H22N2O4/c1-9(2)16-8-10(7-12(16)17)13(18)15-6-4-3-5-11(15)14(19)20/h9-11H,3-8H2,1-2H3,(H,19,20). The average Bonchev–Trinajstić information content (AvgIpc) is 2.80. The number of carboxylic acid groups (broad SMARTS) is 1. The molecule has 1 N–H and O–H groups in total. The van der Waals surface area contributed by atoms with Crippen LogP contribution in [-0.2, 0) is 14.4 Å². The molecule has 2 amide bonds. The minimum absolute atomic E-state index is 0.0118. The van der Waals surface area contributed by atoms with Crippen LogP contribution in [-0.4, -0.2) is 57.9 Å². The van der Waals surface area contributed by atoms with Gasteiger partial charge in [0, 0.05) is 25.6 Å². The van der Waals surface area contributed by atoms with E-state index in [9.17, 15) is 19.5 Å². The van der Waals surface area contributed by atoms with Crippen LogP contribution < -0.4 is 0 Å². The molecule has 2 fully saturated rings. The van der Waals surface area contributed by atoms with Gasteiger partial charge in [-0.2, -0.15) is 0 Å². The van der Waals surface area contributed by atoms with E-state index >= 15 is 0 Å². The molecule has 6 heteroatoms. The summed E-state index contributed by atoms with van der Waals surface area (Å²) >= 11 is 0. The number of nitrogens with zero attached hydrogens (tertiary/aromatic N) is 2. The first-order chi connectivity index (χ1) is 9.41. The number of carbonyl (C=O) groups excluding carboxylic acids is 2. The number of piperidine rings is 1. The van der Waals surface area contributed by atoms with Crippen molar-refractivity contribution in [1.82, 2.24) is 9.80 Å². The lowest BCUT2D eigenvalue weighted by atomic mass is 9.98. The largest absolute Gasteiger partial charge is 0.480 e. The summed E-state index contributed by atoms with van der Waals surface area (Å²) < 4.78 is 0. The molecular weight excluding hydrogens is 260 g/mol. The number of hydrogen-bond acceptors (Lipinski definition) is 3. The molecule has 0 spiro atoms. The maximum atomic E-state index is 12.5. The van der Waals surface area contributed by atoms with Crippen molar-refractivity contribution in [2.24, 2.45) is 5.92 Å². The molecule has 2 saturated heterocycles. The molecule has 2 atom stereocenters. The second-order valence-corrected chi connectivity index (χ2v) is 5.92. The first-order valence-electron chi connectivity index (χ1n) is 7.24. The van der Waals surface area contributed by atoms with E-state index in [1.807, 2.05) is 13.8 Å². The Bertz CT molecular complexity index is 421. The van der Waals surface area contributed by atoms with Crippen LogP contribution in [0, 0.1) is 5.92 Å². The molecule has 20 heavy (non-hydrogen) atoms. The fourth-order valence-corrected chi connectivity index (χ4v) is 3.08. The number of likely N-dealkylation sites (tertiary alicyclic amines) is 2. The van der Waals surface area contributed by atoms with Gasteiger partial charge in [-0.1, -0.05) is 0 Å². The third-order valence-corrected chi connectivity index (χ3v) is 4.20. The van der Waals surface area contributed by atoms with Crippen molar-refractivity contribution in [3.63, 3.8) is 0 Å². The SMILES string of the molecule is CC(C)N1CC(C(=O)N2CCCCC2C(=O)O)CC1=O. The number of rotatable bonds is 3. The van der Waals surface area contributed by atoms with E-state index in [1.165, 1.54) is 4.90 Å². The van der Waals surface area contributed by atoms with Gasteiger partial charge in [0.2, 0.25) is 11.8 Å². The van der Waals surface area contributed by atoms with Crippen LogP contribution in [0.4, 0.5) is 0 Å². The smallest absolute Gasteiger partial charge is 0.326 e. The molecule has 0 radical (unpaired) electrons. The minimum Gasteiger partial charge on any atom is -0.480 e. The molecule has 2 rings (SSSR count). The van der Waals surface area contributed by atoms with Gasteiger partial charge in [-0.15, -0.1) is 0 Å². The van der Waals surface area contributed by atoms with E-state index in [4.69, 9.17) is 0 Å². The minimum atomic E-state index is -0.942. The van der Waals surface area contributed by atoms with Crippen molar-refractivity contribution in [1.29, 1.82) is 0 Å². The highest BCUT2D eigenvalue weighted by atomic mass is 16.4.